The Morgan fingerprint density at radius 2 is 1.78 bits per heavy atom. The molecular formula is C16H12O2. The molecule has 88 valence electrons. The highest BCUT2D eigenvalue weighted by Crippen LogP contribution is 2.28. The van der Waals surface area contributed by atoms with Crippen molar-refractivity contribution in [3.05, 3.63) is 65.3 Å². The summed E-state index contributed by atoms with van der Waals surface area (Å²) in [5.41, 5.74) is 3.84. The van der Waals surface area contributed by atoms with Gasteiger partial charge in [-0.25, -0.2) is 0 Å². The van der Waals surface area contributed by atoms with Crippen molar-refractivity contribution in [1.29, 1.82) is 0 Å². The number of ketones is 2. The van der Waals surface area contributed by atoms with E-state index in [1.165, 1.54) is 29.4 Å². The van der Waals surface area contributed by atoms with E-state index in [-0.39, 0.29) is 11.6 Å². The van der Waals surface area contributed by atoms with E-state index in [0.29, 0.717) is 5.57 Å². The lowest BCUT2D eigenvalue weighted by Crippen LogP contribution is -2.10. The van der Waals surface area contributed by atoms with E-state index in [1.54, 1.807) is 0 Å². The molecule has 0 aliphatic heterocycles. The Balaban J connectivity index is 2.14. The summed E-state index contributed by atoms with van der Waals surface area (Å²) in [6, 6.07) is 5.95. The quantitative estimate of drug-likeness (QED) is 0.554. The molecule has 2 nitrogen and oxygen atoms in total. The van der Waals surface area contributed by atoms with Crippen molar-refractivity contribution in [3.8, 4) is 0 Å². The van der Waals surface area contributed by atoms with E-state index in [0.717, 1.165) is 18.4 Å². The van der Waals surface area contributed by atoms with Gasteiger partial charge in [0.2, 0.25) is 0 Å². The fourth-order valence-electron chi connectivity index (χ4n) is 2.45. The number of allylic oxidation sites excluding steroid dienone is 6. The molecule has 0 bridgehead atoms. The lowest BCUT2D eigenvalue weighted by Gasteiger charge is -2.17. The van der Waals surface area contributed by atoms with Gasteiger partial charge in [-0.05, 0) is 47.8 Å². The first-order valence-electron chi connectivity index (χ1n) is 6.00. The van der Waals surface area contributed by atoms with E-state index >= 15 is 0 Å². The predicted molar refractivity (Wildman–Crippen MR) is 70.1 cm³/mol. The van der Waals surface area contributed by atoms with Gasteiger partial charge in [-0.2, -0.15) is 0 Å². The summed E-state index contributed by atoms with van der Waals surface area (Å²) in [6.45, 7) is 0. The minimum Gasteiger partial charge on any atom is -0.290 e. The SMILES string of the molecule is O=C1C=CC(=O)C(c2cccc3c2CC=CC3)=C1. The summed E-state index contributed by atoms with van der Waals surface area (Å²) >= 11 is 0. The van der Waals surface area contributed by atoms with Gasteiger partial charge in [-0.1, -0.05) is 30.4 Å². The van der Waals surface area contributed by atoms with Crippen LogP contribution in [0.3, 0.4) is 0 Å². The third-order valence-corrected chi connectivity index (χ3v) is 3.34. The highest BCUT2D eigenvalue weighted by molar-refractivity contribution is 6.34. The molecule has 0 amide bonds. The largest absolute Gasteiger partial charge is 0.290 e. The second-order valence-electron chi connectivity index (χ2n) is 4.48. The summed E-state index contributed by atoms with van der Waals surface area (Å²) < 4.78 is 0. The molecule has 0 fully saturated rings. The first-order chi connectivity index (χ1) is 8.75. The third-order valence-electron chi connectivity index (χ3n) is 3.34. The molecule has 0 saturated heterocycles. The van der Waals surface area contributed by atoms with Gasteiger partial charge < -0.3 is 0 Å². The van der Waals surface area contributed by atoms with Gasteiger partial charge in [0, 0.05) is 5.57 Å². The molecule has 0 saturated carbocycles. The average molecular weight is 236 g/mol. The van der Waals surface area contributed by atoms with Gasteiger partial charge in [-0.3, -0.25) is 9.59 Å². The van der Waals surface area contributed by atoms with Gasteiger partial charge in [0.15, 0.2) is 11.6 Å². The molecule has 2 aliphatic carbocycles. The van der Waals surface area contributed by atoms with Crippen molar-refractivity contribution in [2.45, 2.75) is 12.8 Å². The predicted octanol–water partition coefficient (Wildman–Crippen LogP) is 2.43. The Morgan fingerprint density at radius 3 is 2.67 bits per heavy atom. The van der Waals surface area contributed by atoms with Crippen LogP contribution >= 0.6 is 0 Å². The molecule has 2 aliphatic rings. The average Bonchev–Trinajstić information content (AvgIpc) is 2.41. The van der Waals surface area contributed by atoms with Gasteiger partial charge in [0.05, 0.1) is 0 Å². The Kier molecular flexibility index (Phi) is 2.56. The summed E-state index contributed by atoms with van der Waals surface area (Å²) in [4.78, 5) is 23.3. The van der Waals surface area contributed by atoms with Crippen LogP contribution in [-0.4, -0.2) is 11.6 Å². The Bertz CT molecular complexity index is 630. The van der Waals surface area contributed by atoms with Crippen LogP contribution in [-0.2, 0) is 22.4 Å². The van der Waals surface area contributed by atoms with Crippen LogP contribution in [0.5, 0.6) is 0 Å². The zero-order valence-electron chi connectivity index (χ0n) is 9.85. The Labute approximate surface area is 105 Å². The number of benzene rings is 1. The number of hydrogen-bond acceptors (Lipinski definition) is 2. The smallest absolute Gasteiger partial charge is 0.186 e. The lowest BCUT2D eigenvalue weighted by atomic mass is 9.86. The highest BCUT2D eigenvalue weighted by Gasteiger charge is 2.19. The van der Waals surface area contributed by atoms with Crippen LogP contribution in [0.1, 0.15) is 16.7 Å². The zero-order chi connectivity index (χ0) is 12.5. The van der Waals surface area contributed by atoms with Crippen molar-refractivity contribution < 1.29 is 9.59 Å². The molecule has 0 aromatic heterocycles. The molecule has 1 aromatic carbocycles. The monoisotopic (exact) mass is 236 g/mol. The van der Waals surface area contributed by atoms with Crippen LogP contribution in [0.15, 0.2) is 48.6 Å². The number of hydrogen-bond donors (Lipinski definition) is 0. The molecular weight excluding hydrogens is 224 g/mol. The first kappa shape index (κ1) is 10.9. The standard InChI is InChI=1S/C16H12O2/c17-12-8-9-16(18)15(10-12)14-7-3-5-11-4-1-2-6-13(11)14/h1-3,5,7-10H,4,6H2. The second kappa shape index (κ2) is 4.22. The minimum absolute atomic E-state index is 0.0856. The summed E-state index contributed by atoms with van der Waals surface area (Å²) in [5, 5.41) is 0. The number of carbonyl (C=O) groups excluding carboxylic acids is 2. The van der Waals surface area contributed by atoms with Crippen LogP contribution in [0.4, 0.5) is 0 Å². The van der Waals surface area contributed by atoms with Gasteiger partial charge in [0.1, 0.15) is 0 Å². The normalized spacial score (nSPS) is 17.7. The summed E-state index contributed by atoms with van der Waals surface area (Å²) in [7, 11) is 0. The van der Waals surface area contributed by atoms with Crippen molar-refractivity contribution >= 4 is 17.1 Å². The maximum Gasteiger partial charge on any atom is 0.186 e. The molecule has 18 heavy (non-hydrogen) atoms. The molecule has 0 heterocycles. The molecule has 0 N–H and O–H groups in total. The topological polar surface area (TPSA) is 34.1 Å². The van der Waals surface area contributed by atoms with Crippen LogP contribution in [0, 0.1) is 0 Å². The third kappa shape index (κ3) is 1.76. The van der Waals surface area contributed by atoms with Crippen LogP contribution in [0.25, 0.3) is 5.57 Å². The first-order valence-corrected chi connectivity index (χ1v) is 6.00. The van der Waals surface area contributed by atoms with E-state index < -0.39 is 0 Å². The number of fused-ring (bicyclic) bond motifs is 1. The van der Waals surface area contributed by atoms with Gasteiger partial charge >= 0.3 is 0 Å². The summed E-state index contributed by atoms with van der Waals surface area (Å²) in [5.74, 6) is -0.203. The fourth-order valence-corrected chi connectivity index (χ4v) is 2.45. The molecule has 3 rings (SSSR count). The number of rotatable bonds is 1. The van der Waals surface area contributed by atoms with Crippen molar-refractivity contribution in [2.75, 3.05) is 0 Å². The van der Waals surface area contributed by atoms with Crippen molar-refractivity contribution in [3.63, 3.8) is 0 Å². The van der Waals surface area contributed by atoms with Gasteiger partial charge in [-0.15, -0.1) is 0 Å². The van der Waals surface area contributed by atoms with Crippen molar-refractivity contribution in [1.82, 2.24) is 0 Å². The lowest BCUT2D eigenvalue weighted by molar-refractivity contribution is -0.113. The fraction of sp³-hybridized carbons (Fsp3) is 0.125. The minimum atomic E-state index is -0.117. The van der Waals surface area contributed by atoms with Crippen LogP contribution < -0.4 is 0 Å². The number of carbonyl (C=O) groups is 2. The molecule has 0 unspecified atom stereocenters. The van der Waals surface area contributed by atoms with E-state index in [4.69, 9.17) is 0 Å². The molecule has 2 heteroatoms. The van der Waals surface area contributed by atoms with Crippen LogP contribution in [0.2, 0.25) is 0 Å². The zero-order valence-corrected chi connectivity index (χ0v) is 9.85. The highest BCUT2D eigenvalue weighted by atomic mass is 16.1. The van der Waals surface area contributed by atoms with Crippen molar-refractivity contribution in [2.24, 2.45) is 0 Å². The maximum atomic E-state index is 11.9. The second-order valence-corrected chi connectivity index (χ2v) is 4.48. The molecule has 0 atom stereocenters. The maximum absolute atomic E-state index is 11.9. The summed E-state index contributed by atoms with van der Waals surface area (Å²) in [6.07, 6.45) is 10.1. The Hall–Kier alpha value is -2.22. The van der Waals surface area contributed by atoms with E-state index in [9.17, 15) is 9.59 Å². The molecule has 1 aromatic rings. The molecule has 0 radical (unpaired) electrons. The van der Waals surface area contributed by atoms with E-state index in [1.807, 2.05) is 12.1 Å². The van der Waals surface area contributed by atoms with Gasteiger partial charge in [0.25, 0.3) is 0 Å². The molecule has 0 spiro atoms. The Morgan fingerprint density at radius 1 is 0.944 bits per heavy atom. The van der Waals surface area contributed by atoms with E-state index in [2.05, 4.69) is 18.2 Å².